The molecule has 0 radical (unpaired) electrons. The van der Waals surface area contributed by atoms with Crippen molar-refractivity contribution in [2.45, 2.75) is 6.42 Å². The molecule has 23 aromatic rings. The highest BCUT2D eigenvalue weighted by Crippen LogP contribution is 2.49. The molecule has 0 aliphatic heterocycles. The molecule has 5 nitrogen and oxygen atoms in total. The number of para-hydroxylation sites is 10. The van der Waals surface area contributed by atoms with Crippen LogP contribution in [0.4, 0.5) is 0 Å². The van der Waals surface area contributed by atoms with Gasteiger partial charge in [0.25, 0.3) is 0 Å². The molecule has 0 atom stereocenters. The molecule has 1 aliphatic rings. The predicted molar refractivity (Wildman–Crippen MR) is 489 cm³/mol. The summed E-state index contributed by atoms with van der Waals surface area (Å²) in [6, 6.07) is 154. The van der Waals surface area contributed by atoms with Crippen LogP contribution < -0.4 is 0 Å². The van der Waals surface area contributed by atoms with Crippen molar-refractivity contribution in [2.24, 2.45) is 0 Å². The van der Waals surface area contributed by atoms with Crippen LogP contribution in [0.5, 0.6) is 0 Å². The van der Waals surface area contributed by atoms with Crippen LogP contribution in [0.15, 0.2) is 429 Å². The van der Waals surface area contributed by atoms with Gasteiger partial charge in [0.15, 0.2) is 0 Å². The summed E-state index contributed by atoms with van der Waals surface area (Å²) in [6.45, 7) is 0. The highest BCUT2D eigenvalue weighted by molar-refractivity contribution is 9.10. The Kier molecular flexibility index (Phi) is 16.4. The number of rotatable bonds is 9. The van der Waals surface area contributed by atoms with E-state index >= 15 is 0 Å². The van der Waals surface area contributed by atoms with Gasteiger partial charge in [-0.3, -0.25) is 0 Å². The Bertz CT molecular complexity index is 7720. The van der Waals surface area contributed by atoms with Gasteiger partial charge in [-0.25, -0.2) is 0 Å². The molecule has 0 N–H and O–H groups in total. The van der Waals surface area contributed by atoms with E-state index in [9.17, 15) is 0 Å². The quantitative estimate of drug-likeness (QED) is 0.138. The number of hydrogen-bond acceptors (Lipinski definition) is 0. The summed E-state index contributed by atoms with van der Waals surface area (Å²) in [5.74, 6) is 0. The molecule has 6 heteroatoms. The summed E-state index contributed by atoms with van der Waals surface area (Å²) in [4.78, 5) is 0. The SMILES string of the molecule is Brc1ccccc1.c1ccc(-n2c3ccccc3c3cc(-c4cc(-c5ccc6c(c5)c5ccccc5n6-c5ccccc5)c5c(c4)-c4ccccc4C5)ccc32)cc1.c1ccc(-n2c3ccccc3c3cc(-c4cc(-c5ccc6c(c5)c5ccccc5n6-c5ccccc5)c5c(c4)c4ccccc4n5-c4ccccc4)ccc32)cc1. The van der Waals surface area contributed by atoms with Gasteiger partial charge in [0, 0.05) is 92.3 Å². The molecule has 1 aliphatic carbocycles. The average molecular weight is 1530 g/mol. The third kappa shape index (κ3) is 11.4. The zero-order valence-corrected chi connectivity index (χ0v) is 64.3. The van der Waals surface area contributed by atoms with Crippen LogP contribution in [0.25, 0.3) is 193 Å². The standard InChI is InChI=1S/C54H35N3.C49H32N2.C6H5Br/c1-4-16-39(17-5-1)55-49-25-13-10-22-42(49)46-32-36(28-30-52(46)55)38-34-45(54-48(35-38)44-24-12-15-27-51(44)57(54)41-20-8-3-9-21-41)37-29-31-53-47(33-37)43-23-11-14-26-50(43)56(53)40-18-6-2-7-19-40;1-3-14-36(15-4-1)50-46-21-11-9-19-39(46)44-27-32(23-25-48(44)50)35-30-41(43-28-33-13-7-8-18-38(33)42(43)31-35)34-24-26-49-45(29-34)40-20-10-12-22-47(40)51(49)37-16-5-2-6-17-37;7-6-4-2-1-3-5-6/h1-35H;1-27,29-31H,28H2;1-5H. The van der Waals surface area contributed by atoms with Gasteiger partial charge in [0.05, 0.1) is 55.2 Å². The van der Waals surface area contributed by atoms with E-state index in [-0.39, 0.29) is 0 Å². The van der Waals surface area contributed by atoms with Crippen LogP contribution >= 0.6 is 15.9 Å². The van der Waals surface area contributed by atoms with Crippen LogP contribution in [-0.4, -0.2) is 22.8 Å². The molecule has 0 bridgehead atoms. The lowest BCUT2D eigenvalue weighted by Crippen LogP contribution is -1.96. The van der Waals surface area contributed by atoms with Crippen molar-refractivity contribution in [1.82, 2.24) is 22.8 Å². The first-order valence-corrected chi connectivity index (χ1v) is 40.2. The molecule has 0 spiro atoms. The van der Waals surface area contributed by atoms with Gasteiger partial charge in [0.2, 0.25) is 0 Å². The highest BCUT2D eigenvalue weighted by atomic mass is 79.9. The van der Waals surface area contributed by atoms with Crippen LogP contribution in [0.1, 0.15) is 11.1 Å². The van der Waals surface area contributed by atoms with Crippen LogP contribution in [-0.2, 0) is 6.42 Å². The fourth-order valence-electron chi connectivity index (χ4n) is 18.4. The van der Waals surface area contributed by atoms with E-state index in [0.717, 1.165) is 28.0 Å². The Labute approximate surface area is 673 Å². The van der Waals surface area contributed by atoms with Gasteiger partial charge in [0.1, 0.15) is 0 Å². The Balaban J connectivity index is 0.000000130. The van der Waals surface area contributed by atoms with Crippen molar-refractivity contribution >= 4 is 125 Å². The Morgan fingerprint density at radius 1 is 0.174 bits per heavy atom. The lowest BCUT2D eigenvalue weighted by Gasteiger charge is -2.15. The topological polar surface area (TPSA) is 24.6 Å². The summed E-state index contributed by atoms with van der Waals surface area (Å²) in [7, 11) is 0. The molecule has 115 heavy (non-hydrogen) atoms. The van der Waals surface area contributed by atoms with E-state index in [4.69, 9.17) is 0 Å². The summed E-state index contributed by atoms with van der Waals surface area (Å²) >= 11 is 3.31. The minimum atomic E-state index is 0.939. The molecular formula is C109H72BrN5. The van der Waals surface area contributed by atoms with Crippen molar-refractivity contribution in [3.63, 3.8) is 0 Å². The van der Waals surface area contributed by atoms with Gasteiger partial charge in [-0.15, -0.1) is 0 Å². The lowest BCUT2D eigenvalue weighted by molar-refractivity contribution is 1.18. The summed E-state index contributed by atoms with van der Waals surface area (Å²) in [5.41, 5.74) is 33.3. The van der Waals surface area contributed by atoms with Gasteiger partial charge in [-0.1, -0.05) is 265 Å². The number of aromatic nitrogens is 5. The first-order chi connectivity index (χ1) is 57.0. The fourth-order valence-corrected chi connectivity index (χ4v) is 18.7. The average Bonchev–Trinajstić information content (AvgIpc) is 1.58. The van der Waals surface area contributed by atoms with Gasteiger partial charge < -0.3 is 22.8 Å². The number of benzene rings is 18. The van der Waals surface area contributed by atoms with E-state index in [1.54, 1.807) is 0 Å². The van der Waals surface area contributed by atoms with E-state index in [2.05, 4.69) is 433 Å². The normalized spacial score (nSPS) is 11.8. The number of halogens is 1. The maximum atomic E-state index is 3.31. The molecular weight excluding hydrogens is 1460 g/mol. The number of hydrogen-bond donors (Lipinski definition) is 0. The molecule has 0 fully saturated rings. The van der Waals surface area contributed by atoms with E-state index in [1.165, 1.54) is 187 Å². The molecule has 24 rings (SSSR count). The van der Waals surface area contributed by atoms with E-state index < -0.39 is 0 Å². The van der Waals surface area contributed by atoms with Crippen LogP contribution in [0.3, 0.4) is 0 Å². The molecule has 0 amide bonds. The molecule has 0 unspecified atom stereocenters. The zero-order chi connectivity index (χ0) is 76.0. The highest BCUT2D eigenvalue weighted by Gasteiger charge is 2.27. The fraction of sp³-hybridized carbons (Fsp3) is 0.00917. The van der Waals surface area contributed by atoms with Crippen molar-refractivity contribution < 1.29 is 0 Å². The van der Waals surface area contributed by atoms with Crippen molar-refractivity contribution in [2.75, 3.05) is 0 Å². The van der Waals surface area contributed by atoms with Gasteiger partial charge in [-0.05, 0) is 244 Å². The van der Waals surface area contributed by atoms with Crippen molar-refractivity contribution in [3.8, 4) is 84.1 Å². The van der Waals surface area contributed by atoms with E-state index in [0.29, 0.717) is 0 Å². The molecule has 540 valence electrons. The predicted octanol–water partition coefficient (Wildman–Crippen LogP) is 29.5. The summed E-state index contributed by atoms with van der Waals surface area (Å²) in [5, 5.41) is 12.5. The summed E-state index contributed by atoms with van der Waals surface area (Å²) in [6.07, 6.45) is 0.939. The zero-order valence-electron chi connectivity index (χ0n) is 62.7. The smallest absolute Gasteiger partial charge is 0.0619 e. The largest absolute Gasteiger partial charge is 0.309 e. The van der Waals surface area contributed by atoms with Crippen LogP contribution in [0.2, 0.25) is 0 Å². The first-order valence-electron chi connectivity index (χ1n) is 39.4. The van der Waals surface area contributed by atoms with Gasteiger partial charge >= 0.3 is 0 Å². The third-order valence-electron chi connectivity index (χ3n) is 23.5. The molecule has 5 aromatic heterocycles. The molecule has 5 heterocycles. The second-order valence-electron chi connectivity index (χ2n) is 30.0. The minimum absolute atomic E-state index is 0.939. The molecule has 18 aromatic carbocycles. The Morgan fingerprint density at radius 3 is 0.835 bits per heavy atom. The second-order valence-corrected chi connectivity index (χ2v) is 30.9. The van der Waals surface area contributed by atoms with E-state index in [1.807, 2.05) is 30.3 Å². The second kappa shape index (κ2) is 28.0. The minimum Gasteiger partial charge on any atom is -0.309 e. The number of fused-ring (bicyclic) bond motifs is 18. The Hall–Kier alpha value is -14.6. The maximum absolute atomic E-state index is 3.31. The maximum Gasteiger partial charge on any atom is 0.0619 e. The van der Waals surface area contributed by atoms with Crippen molar-refractivity contribution in [3.05, 3.63) is 440 Å². The van der Waals surface area contributed by atoms with Gasteiger partial charge in [-0.2, -0.15) is 0 Å². The lowest BCUT2D eigenvalue weighted by atomic mass is 9.90. The van der Waals surface area contributed by atoms with Crippen LogP contribution in [0, 0.1) is 0 Å². The van der Waals surface area contributed by atoms with Crippen molar-refractivity contribution in [1.29, 1.82) is 0 Å². The monoisotopic (exact) mass is 1530 g/mol. The molecule has 0 saturated carbocycles. The Morgan fingerprint density at radius 2 is 0.443 bits per heavy atom. The third-order valence-corrected chi connectivity index (χ3v) is 24.0. The first kappa shape index (κ1) is 67.3. The number of nitrogens with zero attached hydrogens (tertiary/aromatic N) is 5. The summed E-state index contributed by atoms with van der Waals surface area (Å²) < 4.78 is 13.2. The molecule has 0 saturated heterocycles.